The number of rotatable bonds is 5. The molecular formula is C17H22O3Si. The Bertz CT molecular complexity index is 569. The molecule has 0 unspecified atom stereocenters. The zero-order valence-electron chi connectivity index (χ0n) is 13.3. The van der Waals surface area contributed by atoms with E-state index in [2.05, 4.69) is 31.1 Å². The number of ketones is 1. The van der Waals surface area contributed by atoms with E-state index in [1.165, 1.54) is 6.26 Å². The first-order chi connectivity index (χ1) is 9.87. The highest BCUT2D eigenvalue weighted by atomic mass is 28.3. The van der Waals surface area contributed by atoms with Gasteiger partial charge in [0.2, 0.25) is 5.78 Å². The predicted octanol–water partition coefficient (Wildman–Crippen LogP) is 3.52. The van der Waals surface area contributed by atoms with E-state index >= 15 is 0 Å². The van der Waals surface area contributed by atoms with E-state index in [1.807, 2.05) is 31.2 Å². The maximum atomic E-state index is 12.3. The van der Waals surface area contributed by atoms with Crippen LogP contribution in [0.5, 0.6) is 5.75 Å². The molecule has 0 saturated heterocycles. The summed E-state index contributed by atoms with van der Waals surface area (Å²) in [6, 6.07) is 7.29. The molecule has 0 spiro atoms. The van der Waals surface area contributed by atoms with Crippen LogP contribution in [0.1, 0.15) is 12.5 Å². The number of methoxy groups -OCH3 is 1. The number of hydrogen-bond donors (Lipinski definition) is 0. The topological polar surface area (TPSA) is 35.5 Å². The van der Waals surface area contributed by atoms with Gasteiger partial charge in [0.1, 0.15) is 13.8 Å². The second-order valence-corrected chi connectivity index (χ2v) is 10.3. The van der Waals surface area contributed by atoms with Crippen LogP contribution >= 0.6 is 0 Å². The van der Waals surface area contributed by atoms with E-state index in [0.717, 1.165) is 11.3 Å². The Morgan fingerprint density at radius 3 is 2.33 bits per heavy atom. The van der Waals surface area contributed by atoms with Gasteiger partial charge in [-0.2, -0.15) is 0 Å². The maximum absolute atomic E-state index is 12.3. The van der Waals surface area contributed by atoms with E-state index in [0.29, 0.717) is 12.2 Å². The maximum Gasteiger partial charge on any atom is 0.238 e. The highest BCUT2D eigenvalue weighted by Gasteiger charge is 2.13. The Kier molecular flexibility index (Phi) is 6.26. The quantitative estimate of drug-likeness (QED) is 0.361. The lowest BCUT2D eigenvalue weighted by atomic mass is 10.0. The van der Waals surface area contributed by atoms with Crippen LogP contribution in [0.15, 0.2) is 30.5 Å². The fourth-order valence-electron chi connectivity index (χ4n) is 1.50. The van der Waals surface area contributed by atoms with Crippen molar-refractivity contribution in [3.63, 3.8) is 0 Å². The van der Waals surface area contributed by atoms with Crippen LogP contribution in [0.25, 0.3) is 5.57 Å². The number of hydrogen-bond acceptors (Lipinski definition) is 3. The number of ether oxygens (including phenoxy) is 2. The first kappa shape index (κ1) is 17.1. The van der Waals surface area contributed by atoms with Gasteiger partial charge < -0.3 is 9.47 Å². The lowest BCUT2D eigenvalue weighted by molar-refractivity contribution is -0.109. The molecule has 1 aromatic carbocycles. The van der Waals surface area contributed by atoms with Crippen LogP contribution in [0, 0.1) is 11.5 Å². The molecule has 0 amide bonds. The largest absolute Gasteiger partial charge is 0.501 e. The summed E-state index contributed by atoms with van der Waals surface area (Å²) >= 11 is 0. The smallest absolute Gasteiger partial charge is 0.238 e. The van der Waals surface area contributed by atoms with Crippen molar-refractivity contribution in [2.75, 3.05) is 13.7 Å². The van der Waals surface area contributed by atoms with Crippen LogP contribution in [0.3, 0.4) is 0 Å². The molecule has 21 heavy (non-hydrogen) atoms. The van der Waals surface area contributed by atoms with Crippen molar-refractivity contribution in [2.24, 2.45) is 0 Å². The molecule has 0 bridgehead atoms. The van der Waals surface area contributed by atoms with Crippen molar-refractivity contribution < 1.29 is 14.3 Å². The second-order valence-electron chi connectivity index (χ2n) is 5.54. The zero-order chi connectivity index (χ0) is 15.9. The van der Waals surface area contributed by atoms with Crippen LogP contribution < -0.4 is 4.74 Å². The Hall–Kier alpha value is -1.99. The minimum absolute atomic E-state index is 0.212. The normalized spacial score (nSPS) is 11.4. The molecule has 0 saturated carbocycles. The number of carbonyl (C=O) groups is 1. The molecule has 0 atom stereocenters. The Morgan fingerprint density at radius 1 is 1.24 bits per heavy atom. The molecule has 1 aromatic rings. The SMILES string of the molecule is CCO/C=C(/C(=O)C#C[Si](C)(C)C)c1ccc(OC)cc1. The van der Waals surface area contributed by atoms with Crippen molar-refractivity contribution in [2.45, 2.75) is 26.6 Å². The van der Waals surface area contributed by atoms with Crippen molar-refractivity contribution >= 4 is 19.4 Å². The standard InChI is InChI=1S/C17H22O3Si/c1-6-20-13-16(17(18)11-12-21(3,4)5)14-7-9-15(19-2)10-8-14/h7-10,13H,6H2,1-5H3/b16-13+. The molecule has 0 N–H and O–H groups in total. The van der Waals surface area contributed by atoms with Gasteiger partial charge in [0.05, 0.1) is 25.6 Å². The Balaban J connectivity index is 3.10. The predicted molar refractivity (Wildman–Crippen MR) is 88.7 cm³/mol. The average molecular weight is 302 g/mol. The number of carbonyl (C=O) groups excluding carboxylic acids is 1. The van der Waals surface area contributed by atoms with Crippen LogP contribution in [0.4, 0.5) is 0 Å². The molecule has 1 rings (SSSR count). The summed E-state index contributed by atoms with van der Waals surface area (Å²) in [5.41, 5.74) is 4.34. The molecule has 3 nitrogen and oxygen atoms in total. The monoisotopic (exact) mass is 302 g/mol. The average Bonchev–Trinajstić information content (AvgIpc) is 2.45. The molecule has 0 aromatic heterocycles. The van der Waals surface area contributed by atoms with Gasteiger partial charge in [0.25, 0.3) is 0 Å². The number of allylic oxidation sites excluding steroid dienone is 1. The Labute approximate surface area is 128 Å². The van der Waals surface area contributed by atoms with Crippen LogP contribution in [0.2, 0.25) is 19.6 Å². The summed E-state index contributed by atoms with van der Waals surface area (Å²) in [6.07, 6.45) is 1.49. The molecule has 0 aliphatic heterocycles. The first-order valence-electron chi connectivity index (χ1n) is 6.91. The molecule has 0 heterocycles. The first-order valence-corrected chi connectivity index (χ1v) is 10.4. The van der Waals surface area contributed by atoms with E-state index in [4.69, 9.17) is 9.47 Å². The zero-order valence-corrected chi connectivity index (χ0v) is 14.3. The van der Waals surface area contributed by atoms with Gasteiger partial charge >= 0.3 is 0 Å². The van der Waals surface area contributed by atoms with Crippen molar-refractivity contribution in [3.05, 3.63) is 36.1 Å². The molecule has 0 fully saturated rings. The number of Topliss-reactive ketones (excluding diaryl/α,β-unsaturated/α-hetero) is 1. The fraction of sp³-hybridized carbons (Fsp3) is 0.353. The summed E-state index contributed by atoms with van der Waals surface area (Å²) < 4.78 is 10.4. The Morgan fingerprint density at radius 2 is 1.86 bits per heavy atom. The third kappa shape index (κ3) is 5.88. The molecule has 0 aliphatic rings. The van der Waals surface area contributed by atoms with Gasteiger partial charge in [-0.3, -0.25) is 4.79 Å². The van der Waals surface area contributed by atoms with E-state index < -0.39 is 8.07 Å². The molecular weight excluding hydrogens is 280 g/mol. The van der Waals surface area contributed by atoms with Gasteiger partial charge in [-0.25, -0.2) is 0 Å². The van der Waals surface area contributed by atoms with Gasteiger partial charge in [-0.15, -0.1) is 5.54 Å². The van der Waals surface area contributed by atoms with E-state index in [9.17, 15) is 4.79 Å². The van der Waals surface area contributed by atoms with Crippen LogP contribution in [-0.4, -0.2) is 27.6 Å². The van der Waals surface area contributed by atoms with Crippen molar-refractivity contribution in [3.8, 4) is 17.2 Å². The minimum Gasteiger partial charge on any atom is -0.501 e. The van der Waals surface area contributed by atoms with E-state index in [-0.39, 0.29) is 5.78 Å². The fourth-order valence-corrected chi connectivity index (χ4v) is 1.99. The highest BCUT2D eigenvalue weighted by Crippen LogP contribution is 2.19. The molecule has 112 valence electrons. The third-order valence-corrected chi connectivity index (χ3v) is 3.44. The molecule has 0 radical (unpaired) electrons. The number of benzene rings is 1. The minimum atomic E-state index is -1.58. The lowest BCUT2D eigenvalue weighted by Crippen LogP contribution is -2.17. The summed E-state index contributed by atoms with van der Waals surface area (Å²) in [7, 11) is 0.0249. The second kappa shape index (κ2) is 7.70. The van der Waals surface area contributed by atoms with Gasteiger partial charge in [0, 0.05) is 0 Å². The van der Waals surface area contributed by atoms with Crippen molar-refractivity contribution in [1.29, 1.82) is 0 Å². The summed E-state index contributed by atoms with van der Waals surface area (Å²) in [5.74, 6) is 3.29. The highest BCUT2D eigenvalue weighted by molar-refractivity contribution is 6.84. The van der Waals surface area contributed by atoms with Crippen LogP contribution in [-0.2, 0) is 9.53 Å². The third-order valence-electron chi connectivity index (χ3n) is 2.56. The lowest BCUT2D eigenvalue weighted by Gasteiger charge is -2.07. The summed E-state index contributed by atoms with van der Waals surface area (Å²) in [5, 5.41) is 0. The van der Waals surface area contributed by atoms with Gasteiger partial charge in [0.15, 0.2) is 0 Å². The van der Waals surface area contributed by atoms with E-state index in [1.54, 1.807) is 7.11 Å². The molecule has 0 aliphatic carbocycles. The van der Waals surface area contributed by atoms with Gasteiger partial charge in [-0.05, 0) is 30.5 Å². The van der Waals surface area contributed by atoms with Crippen molar-refractivity contribution in [1.82, 2.24) is 0 Å². The summed E-state index contributed by atoms with van der Waals surface area (Å²) in [4.78, 5) is 12.3. The molecule has 4 heteroatoms. The summed E-state index contributed by atoms with van der Waals surface area (Å²) in [6.45, 7) is 8.69. The van der Waals surface area contributed by atoms with Gasteiger partial charge in [-0.1, -0.05) is 31.8 Å².